The van der Waals surface area contributed by atoms with Gasteiger partial charge in [-0.3, -0.25) is 4.79 Å². The van der Waals surface area contributed by atoms with Crippen molar-refractivity contribution in [1.82, 2.24) is 0 Å². The third-order valence-electron chi connectivity index (χ3n) is 2.86. The molecule has 102 valence electrons. The molecule has 0 aliphatic rings. The second-order valence-electron chi connectivity index (χ2n) is 4.28. The Morgan fingerprint density at radius 1 is 1.15 bits per heavy atom. The largest absolute Gasteiger partial charge is 0.398 e. The zero-order valence-electron chi connectivity index (χ0n) is 11.4. The fourth-order valence-electron chi connectivity index (χ4n) is 1.81. The van der Waals surface area contributed by atoms with Gasteiger partial charge in [-0.1, -0.05) is 25.1 Å². The predicted molar refractivity (Wildman–Crippen MR) is 87.1 cm³/mol. The van der Waals surface area contributed by atoms with E-state index >= 15 is 0 Å². The first-order chi connectivity index (χ1) is 9.70. The number of nitrogen functional groups attached to an aromatic ring is 1. The van der Waals surface area contributed by atoms with E-state index in [-0.39, 0.29) is 5.78 Å². The van der Waals surface area contributed by atoms with Crippen LogP contribution in [0.2, 0.25) is 0 Å². The van der Waals surface area contributed by atoms with E-state index in [1.807, 2.05) is 48.5 Å². The lowest BCUT2D eigenvalue weighted by molar-refractivity contribution is 0.104. The molecule has 0 fully saturated rings. The molecule has 2 rings (SSSR count). The van der Waals surface area contributed by atoms with Crippen LogP contribution >= 0.6 is 11.8 Å². The minimum absolute atomic E-state index is 0.0127. The van der Waals surface area contributed by atoms with E-state index in [9.17, 15) is 4.79 Å². The average molecular weight is 283 g/mol. The number of carbonyl (C=O) groups is 1. The fraction of sp³-hybridized carbons (Fsp3) is 0.118. The van der Waals surface area contributed by atoms with Crippen molar-refractivity contribution in [1.29, 1.82) is 0 Å². The van der Waals surface area contributed by atoms with E-state index in [0.717, 1.165) is 11.3 Å². The summed E-state index contributed by atoms with van der Waals surface area (Å²) in [6.07, 6.45) is 3.32. The number of rotatable bonds is 5. The van der Waals surface area contributed by atoms with Gasteiger partial charge in [-0.15, -0.1) is 11.8 Å². The Morgan fingerprint density at radius 3 is 2.50 bits per heavy atom. The van der Waals surface area contributed by atoms with Gasteiger partial charge in [-0.25, -0.2) is 0 Å². The summed E-state index contributed by atoms with van der Waals surface area (Å²) < 4.78 is 0. The number of para-hydroxylation sites is 1. The predicted octanol–water partition coefficient (Wildman–Crippen LogP) is 4.28. The summed E-state index contributed by atoms with van der Waals surface area (Å²) in [6.45, 7) is 2.11. The lowest BCUT2D eigenvalue weighted by atomic mass is 10.1. The molecule has 0 aliphatic heterocycles. The molecule has 0 aromatic heterocycles. The Hall–Kier alpha value is -2.00. The molecule has 2 N–H and O–H groups in total. The number of nitrogens with two attached hydrogens (primary N) is 1. The number of allylic oxidation sites excluding steroid dienone is 1. The zero-order chi connectivity index (χ0) is 14.4. The SMILES string of the molecule is CCSc1ccc(C(=O)/C=C/c2ccccc2N)cc1. The number of carbonyl (C=O) groups excluding carboxylic acids is 1. The number of anilines is 1. The van der Waals surface area contributed by atoms with Gasteiger partial charge in [0.2, 0.25) is 0 Å². The number of hydrogen-bond acceptors (Lipinski definition) is 3. The summed E-state index contributed by atoms with van der Waals surface area (Å²) in [5, 5.41) is 0. The van der Waals surface area contributed by atoms with Crippen LogP contribution in [-0.4, -0.2) is 11.5 Å². The summed E-state index contributed by atoms with van der Waals surface area (Å²) in [5.74, 6) is 1.02. The highest BCUT2D eigenvalue weighted by molar-refractivity contribution is 7.99. The molecule has 2 nitrogen and oxygen atoms in total. The highest BCUT2D eigenvalue weighted by Gasteiger charge is 2.02. The van der Waals surface area contributed by atoms with Crippen molar-refractivity contribution in [3.05, 3.63) is 65.7 Å². The topological polar surface area (TPSA) is 43.1 Å². The van der Waals surface area contributed by atoms with Gasteiger partial charge in [0.25, 0.3) is 0 Å². The van der Waals surface area contributed by atoms with Crippen molar-refractivity contribution >= 4 is 29.3 Å². The lowest BCUT2D eigenvalue weighted by Gasteiger charge is -2.01. The molecule has 3 heteroatoms. The maximum atomic E-state index is 12.1. The van der Waals surface area contributed by atoms with E-state index in [1.165, 1.54) is 4.90 Å². The molecule has 0 amide bonds. The Bertz CT molecular complexity index is 617. The molecule has 20 heavy (non-hydrogen) atoms. The monoisotopic (exact) mass is 283 g/mol. The van der Waals surface area contributed by atoms with Gasteiger partial charge in [0.1, 0.15) is 0 Å². The Morgan fingerprint density at radius 2 is 1.85 bits per heavy atom. The number of hydrogen-bond donors (Lipinski definition) is 1. The number of ketones is 1. The normalized spacial score (nSPS) is 10.8. The first-order valence-electron chi connectivity index (χ1n) is 6.50. The second-order valence-corrected chi connectivity index (χ2v) is 5.62. The maximum Gasteiger partial charge on any atom is 0.185 e. The van der Waals surface area contributed by atoms with Crippen LogP contribution in [0.3, 0.4) is 0 Å². The van der Waals surface area contributed by atoms with Crippen LogP contribution in [0.5, 0.6) is 0 Å². The summed E-state index contributed by atoms with van der Waals surface area (Å²) in [6, 6.07) is 15.2. The molecular formula is C17H17NOS. The number of thioether (sulfide) groups is 1. The van der Waals surface area contributed by atoms with Gasteiger partial charge in [0.05, 0.1) is 0 Å². The number of benzene rings is 2. The van der Waals surface area contributed by atoms with E-state index in [1.54, 1.807) is 23.9 Å². The van der Waals surface area contributed by atoms with Crippen LogP contribution in [0.1, 0.15) is 22.8 Å². The summed E-state index contributed by atoms with van der Waals surface area (Å²) in [7, 11) is 0. The Kier molecular flexibility index (Phi) is 5.02. The van der Waals surface area contributed by atoms with Crippen molar-refractivity contribution in [3.63, 3.8) is 0 Å². The highest BCUT2D eigenvalue weighted by atomic mass is 32.2. The van der Waals surface area contributed by atoms with E-state index in [4.69, 9.17) is 5.73 Å². The minimum Gasteiger partial charge on any atom is -0.398 e. The molecule has 0 spiro atoms. The third kappa shape index (κ3) is 3.75. The third-order valence-corrected chi connectivity index (χ3v) is 3.75. The standard InChI is InChI=1S/C17H17NOS/c1-2-20-15-10-7-14(8-11-15)17(19)12-9-13-5-3-4-6-16(13)18/h3-12H,2,18H2,1H3/b12-9+. The Labute approximate surface area is 123 Å². The second kappa shape index (κ2) is 6.96. The zero-order valence-corrected chi connectivity index (χ0v) is 12.2. The maximum absolute atomic E-state index is 12.1. The fourth-order valence-corrected chi connectivity index (χ4v) is 2.47. The van der Waals surface area contributed by atoms with Gasteiger partial charge in [0, 0.05) is 16.1 Å². The summed E-state index contributed by atoms with van der Waals surface area (Å²) in [4.78, 5) is 13.2. The highest BCUT2D eigenvalue weighted by Crippen LogP contribution is 2.18. The Balaban J connectivity index is 2.10. The van der Waals surface area contributed by atoms with E-state index in [2.05, 4.69) is 6.92 Å². The molecular weight excluding hydrogens is 266 g/mol. The van der Waals surface area contributed by atoms with Crippen LogP contribution in [-0.2, 0) is 0 Å². The van der Waals surface area contributed by atoms with Crippen LogP contribution in [0, 0.1) is 0 Å². The van der Waals surface area contributed by atoms with Gasteiger partial charge >= 0.3 is 0 Å². The average Bonchev–Trinajstić information content (AvgIpc) is 2.47. The molecule has 2 aromatic rings. The smallest absolute Gasteiger partial charge is 0.185 e. The van der Waals surface area contributed by atoms with Gasteiger partial charge in [0.15, 0.2) is 5.78 Å². The van der Waals surface area contributed by atoms with Crippen molar-refractivity contribution in [2.75, 3.05) is 11.5 Å². The molecule has 0 saturated heterocycles. The first kappa shape index (κ1) is 14.4. The molecule has 0 bridgehead atoms. The van der Waals surface area contributed by atoms with Crippen molar-refractivity contribution < 1.29 is 4.79 Å². The molecule has 0 saturated carbocycles. The summed E-state index contributed by atoms with van der Waals surface area (Å²) >= 11 is 1.76. The van der Waals surface area contributed by atoms with Crippen molar-refractivity contribution in [2.45, 2.75) is 11.8 Å². The first-order valence-corrected chi connectivity index (χ1v) is 7.49. The van der Waals surface area contributed by atoms with Gasteiger partial charge in [-0.05, 0) is 53.8 Å². The van der Waals surface area contributed by atoms with Crippen LogP contribution in [0.15, 0.2) is 59.5 Å². The molecule has 0 unspecified atom stereocenters. The van der Waals surface area contributed by atoms with Crippen LogP contribution < -0.4 is 5.73 Å². The van der Waals surface area contributed by atoms with Gasteiger partial charge < -0.3 is 5.73 Å². The van der Waals surface area contributed by atoms with Crippen molar-refractivity contribution in [2.24, 2.45) is 0 Å². The van der Waals surface area contributed by atoms with E-state index < -0.39 is 0 Å². The molecule has 0 atom stereocenters. The van der Waals surface area contributed by atoms with Crippen LogP contribution in [0.4, 0.5) is 5.69 Å². The minimum atomic E-state index is -0.0127. The quantitative estimate of drug-likeness (QED) is 0.385. The van der Waals surface area contributed by atoms with Crippen molar-refractivity contribution in [3.8, 4) is 0 Å². The molecule has 0 heterocycles. The molecule has 2 aromatic carbocycles. The molecule has 0 radical (unpaired) electrons. The van der Waals surface area contributed by atoms with Crippen LogP contribution in [0.25, 0.3) is 6.08 Å². The summed E-state index contributed by atoms with van der Waals surface area (Å²) in [5.41, 5.74) is 8.06. The lowest BCUT2D eigenvalue weighted by Crippen LogP contribution is -1.94. The van der Waals surface area contributed by atoms with Gasteiger partial charge in [-0.2, -0.15) is 0 Å². The molecule has 0 aliphatic carbocycles. The van der Waals surface area contributed by atoms with E-state index in [0.29, 0.717) is 11.3 Å².